The van der Waals surface area contributed by atoms with Crippen molar-refractivity contribution in [1.29, 1.82) is 0 Å². The molecule has 4 heteroatoms. The van der Waals surface area contributed by atoms with Crippen molar-refractivity contribution in [3.05, 3.63) is 65.4 Å². The molecule has 1 heterocycles. The number of ether oxygens (including phenoxy) is 1. The number of fused-ring (bicyclic) bond motifs is 1. The fraction of sp³-hybridized carbons (Fsp3) is 0.111. The third-order valence-electron chi connectivity index (χ3n) is 3.36. The predicted molar refractivity (Wildman–Crippen MR) is 82.1 cm³/mol. The predicted octanol–water partition coefficient (Wildman–Crippen LogP) is 3.90. The minimum Gasteiger partial charge on any atom is -0.464 e. The Morgan fingerprint density at radius 3 is 2.45 bits per heavy atom. The standard InChI is InChI=1S/C18H14O4/c1-11-3-5-13(6-4-11)18(20)16-10-21-17-8-7-14(9-15(16)17)22-12(2)19/h3-10H,1-2H3. The van der Waals surface area contributed by atoms with Crippen LogP contribution in [0.2, 0.25) is 0 Å². The van der Waals surface area contributed by atoms with Crippen molar-refractivity contribution in [3.63, 3.8) is 0 Å². The summed E-state index contributed by atoms with van der Waals surface area (Å²) in [5, 5.41) is 0.629. The lowest BCUT2D eigenvalue weighted by atomic mass is 10.0. The molecular formula is C18H14O4. The highest BCUT2D eigenvalue weighted by Gasteiger charge is 2.16. The van der Waals surface area contributed by atoms with Crippen molar-refractivity contribution in [2.24, 2.45) is 0 Å². The van der Waals surface area contributed by atoms with E-state index in [2.05, 4.69) is 0 Å². The summed E-state index contributed by atoms with van der Waals surface area (Å²) in [6.45, 7) is 3.30. The summed E-state index contributed by atoms with van der Waals surface area (Å²) in [6, 6.07) is 12.3. The summed E-state index contributed by atoms with van der Waals surface area (Å²) in [5.74, 6) is -0.146. The molecule has 0 spiro atoms. The van der Waals surface area contributed by atoms with Crippen LogP contribution in [0.1, 0.15) is 28.4 Å². The van der Waals surface area contributed by atoms with Gasteiger partial charge >= 0.3 is 5.97 Å². The van der Waals surface area contributed by atoms with Crippen LogP contribution in [0, 0.1) is 6.92 Å². The molecule has 0 atom stereocenters. The van der Waals surface area contributed by atoms with Gasteiger partial charge in [0.1, 0.15) is 17.6 Å². The summed E-state index contributed by atoms with van der Waals surface area (Å²) in [7, 11) is 0. The highest BCUT2D eigenvalue weighted by atomic mass is 16.5. The molecule has 0 fully saturated rings. The molecule has 0 aliphatic carbocycles. The molecule has 0 aliphatic rings. The van der Waals surface area contributed by atoms with Crippen molar-refractivity contribution in [3.8, 4) is 5.75 Å². The van der Waals surface area contributed by atoms with Gasteiger partial charge in [0.15, 0.2) is 5.78 Å². The van der Waals surface area contributed by atoms with Crippen molar-refractivity contribution in [1.82, 2.24) is 0 Å². The number of hydrogen-bond acceptors (Lipinski definition) is 4. The van der Waals surface area contributed by atoms with Crippen molar-refractivity contribution < 1.29 is 18.7 Å². The van der Waals surface area contributed by atoms with Gasteiger partial charge in [-0.05, 0) is 25.1 Å². The third kappa shape index (κ3) is 2.63. The molecule has 3 aromatic rings. The first-order chi connectivity index (χ1) is 10.5. The number of ketones is 1. The van der Waals surface area contributed by atoms with E-state index >= 15 is 0 Å². The molecule has 4 nitrogen and oxygen atoms in total. The van der Waals surface area contributed by atoms with Crippen LogP contribution < -0.4 is 4.74 Å². The Balaban J connectivity index is 2.04. The lowest BCUT2D eigenvalue weighted by Gasteiger charge is -2.02. The highest BCUT2D eigenvalue weighted by Crippen LogP contribution is 2.27. The summed E-state index contributed by atoms with van der Waals surface area (Å²) in [4.78, 5) is 23.6. The molecular weight excluding hydrogens is 280 g/mol. The summed E-state index contributed by atoms with van der Waals surface area (Å²) in [6.07, 6.45) is 1.43. The zero-order valence-corrected chi connectivity index (χ0v) is 12.3. The normalized spacial score (nSPS) is 10.6. The molecule has 0 radical (unpaired) electrons. The van der Waals surface area contributed by atoms with E-state index in [-0.39, 0.29) is 5.78 Å². The maximum atomic E-state index is 12.6. The Labute approximate surface area is 127 Å². The molecule has 0 saturated carbocycles. The van der Waals surface area contributed by atoms with Gasteiger partial charge in [0.05, 0.1) is 5.56 Å². The summed E-state index contributed by atoms with van der Waals surface area (Å²) >= 11 is 0. The topological polar surface area (TPSA) is 56.5 Å². The van der Waals surface area contributed by atoms with E-state index < -0.39 is 5.97 Å². The lowest BCUT2D eigenvalue weighted by Crippen LogP contribution is -2.02. The van der Waals surface area contributed by atoms with Crippen LogP contribution in [0.4, 0.5) is 0 Å². The minimum atomic E-state index is -0.408. The van der Waals surface area contributed by atoms with Gasteiger partial charge in [0, 0.05) is 17.9 Å². The van der Waals surface area contributed by atoms with E-state index in [1.165, 1.54) is 13.2 Å². The number of benzene rings is 2. The fourth-order valence-corrected chi connectivity index (χ4v) is 2.27. The Morgan fingerprint density at radius 2 is 1.77 bits per heavy atom. The van der Waals surface area contributed by atoms with Crippen molar-refractivity contribution in [2.45, 2.75) is 13.8 Å². The number of esters is 1. The van der Waals surface area contributed by atoms with Crippen molar-refractivity contribution >= 4 is 22.7 Å². The van der Waals surface area contributed by atoms with Gasteiger partial charge in [-0.3, -0.25) is 9.59 Å². The van der Waals surface area contributed by atoms with Gasteiger partial charge in [-0.1, -0.05) is 29.8 Å². The first-order valence-electron chi connectivity index (χ1n) is 6.85. The number of furan rings is 1. The number of carbonyl (C=O) groups excluding carboxylic acids is 2. The van der Waals surface area contributed by atoms with Gasteiger partial charge in [-0.25, -0.2) is 0 Å². The first kappa shape index (κ1) is 14.1. The third-order valence-corrected chi connectivity index (χ3v) is 3.36. The van der Waals surface area contributed by atoms with Crippen LogP contribution in [0.25, 0.3) is 11.0 Å². The van der Waals surface area contributed by atoms with E-state index in [0.717, 1.165) is 5.56 Å². The van der Waals surface area contributed by atoms with Crippen LogP contribution in [-0.2, 0) is 4.79 Å². The Kier molecular flexibility index (Phi) is 3.51. The molecule has 0 N–H and O–H groups in total. The molecule has 3 rings (SSSR count). The Bertz CT molecular complexity index is 856. The average molecular weight is 294 g/mol. The lowest BCUT2D eigenvalue weighted by molar-refractivity contribution is -0.131. The molecule has 0 amide bonds. The van der Waals surface area contributed by atoms with Gasteiger partial charge in [-0.2, -0.15) is 0 Å². The van der Waals surface area contributed by atoms with Crippen LogP contribution in [0.3, 0.4) is 0 Å². The van der Waals surface area contributed by atoms with Gasteiger partial charge < -0.3 is 9.15 Å². The SMILES string of the molecule is CC(=O)Oc1ccc2occ(C(=O)c3ccc(C)cc3)c2c1. The zero-order chi connectivity index (χ0) is 15.7. The monoisotopic (exact) mass is 294 g/mol. The largest absolute Gasteiger partial charge is 0.464 e. The van der Waals surface area contributed by atoms with E-state index in [1.807, 2.05) is 19.1 Å². The number of aryl methyl sites for hydroxylation is 1. The highest BCUT2D eigenvalue weighted by molar-refractivity contribution is 6.16. The van der Waals surface area contributed by atoms with Crippen LogP contribution >= 0.6 is 0 Å². The molecule has 1 aromatic heterocycles. The van der Waals surface area contributed by atoms with E-state index in [9.17, 15) is 9.59 Å². The number of hydrogen-bond donors (Lipinski definition) is 0. The number of rotatable bonds is 3. The average Bonchev–Trinajstić information content (AvgIpc) is 2.90. The molecule has 0 saturated heterocycles. The second-order valence-electron chi connectivity index (χ2n) is 5.10. The number of carbonyl (C=O) groups is 2. The van der Waals surface area contributed by atoms with E-state index in [0.29, 0.717) is 27.8 Å². The smallest absolute Gasteiger partial charge is 0.308 e. The second-order valence-corrected chi connectivity index (χ2v) is 5.10. The Hall–Kier alpha value is -2.88. The molecule has 0 aliphatic heterocycles. The van der Waals surface area contributed by atoms with Gasteiger partial charge in [0.25, 0.3) is 0 Å². The van der Waals surface area contributed by atoms with E-state index in [4.69, 9.17) is 9.15 Å². The molecule has 0 unspecified atom stereocenters. The van der Waals surface area contributed by atoms with Gasteiger partial charge in [-0.15, -0.1) is 0 Å². The summed E-state index contributed by atoms with van der Waals surface area (Å²) < 4.78 is 10.5. The molecule has 0 bridgehead atoms. The minimum absolute atomic E-state index is 0.126. The zero-order valence-electron chi connectivity index (χ0n) is 12.3. The van der Waals surface area contributed by atoms with Gasteiger partial charge in [0.2, 0.25) is 0 Å². The molecule has 110 valence electrons. The maximum Gasteiger partial charge on any atom is 0.308 e. The second kappa shape index (κ2) is 5.48. The van der Waals surface area contributed by atoms with Crippen LogP contribution in [0.15, 0.2) is 53.1 Å². The fourth-order valence-electron chi connectivity index (χ4n) is 2.27. The van der Waals surface area contributed by atoms with Crippen LogP contribution in [-0.4, -0.2) is 11.8 Å². The summed E-state index contributed by atoms with van der Waals surface area (Å²) in [5.41, 5.74) is 2.70. The maximum absolute atomic E-state index is 12.6. The van der Waals surface area contributed by atoms with E-state index in [1.54, 1.807) is 30.3 Å². The Morgan fingerprint density at radius 1 is 1.05 bits per heavy atom. The molecule has 22 heavy (non-hydrogen) atoms. The molecule has 2 aromatic carbocycles. The van der Waals surface area contributed by atoms with Crippen LogP contribution in [0.5, 0.6) is 5.75 Å². The quantitative estimate of drug-likeness (QED) is 0.417. The van der Waals surface area contributed by atoms with Crippen molar-refractivity contribution in [2.75, 3.05) is 0 Å². The first-order valence-corrected chi connectivity index (χ1v) is 6.85.